The predicted molar refractivity (Wildman–Crippen MR) is 65.4 cm³/mol. The molecule has 0 unspecified atom stereocenters. The molecule has 0 aliphatic heterocycles. The number of unbranched alkanes of at least 4 members (excludes halogenated alkanes) is 3. The SMILES string of the molecule is CCCCCCNCCNC.Cl.Cl. The van der Waals surface area contributed by atoms with Crippen LogP contribution in [0.15, 0.2) is 0 Å². The molecular formula is C9H24Cl2N2. The zero-order valence-corrected chi connectivity index (χ0v) is 10.4. The summed E-state index contributed by atoms with van der Waals surface area (Å²) in [4.78, 5) is 0. The van der Waals surface area contributed by atoms with Gasteiger partial charge in [0.1, 0.15) is 0 Å². The molecule has 4 heteroatoms. The summed E-state index contributed by atoms with van der Waals surface area (Å²) in [6.07, 6.45) is 5.42. The zero-order valence-electron chi connectivity index (χ0n) is 8.77. The Morgan fingerprint density at radius 3 is 2.08 bits per heavy atom. The summed E-state index contributed by atoms with van der Waals surface area (Å²) in [7, 11) is 1.98. The summed E-state index contributed by atoms with van der Waals surface area (Å²) in [5.41, 5.74) is 0. The minimum absolute atomic E-state index is 0. The van der Waals surface area contributed by atoms with Gasteiger partial charge >= 0.3 is 0 Å². The fourth-order valence-electron chi connectivity index (χ4n) is 1.02. The third-order valence-corrected chi connectivity index (χ3v) is 1.76. The molecule has 0 aromatic carbocycles. The van der Waals surface area contributed by atoms with E-state index in [2.05, 4.69) is 17.6 Å². The molecule has 2 N–H and O–H groups in total. The third-order valence-electron chi connectivity index (χ3n) is 1.76. The molecule has 2 nitrogen and oxygen atoms in total. The summed E-state index contributed by atoms with van der Waals surface area (Å²) in [6.45, 7) is 5.60. The van der Waals surface area contributed by atoms with Crippen LogP contribution in [0.1, 0.15) is 32.6 Å². The lowest BCUT2D eigenvalue weighted by Crippen LogP contribution is -2.25. The van der Waals surface area contributed by atoms with E-state index in [1.54, 1.807) is 0 Å². The molecule has 0 rings (SSSR count). The van der Waals surface area contributed by atoms with Gasteiger partial charge < -0.3 is 10.6 Å². The molecule has 0 fully saturated rings. The van der Waals surface area contributed by atoms with E-state index in [9.17, 15) is 0 Å². The third kappa shape index (κ3) is 19.1. The van der Waals surface area contributed by atoms with Crippen LogP contribution in [-0.4, -0.2) is 26.7 Å². The number of nitrogens with one attached hydrogen (secondary N) is 2. The molecule has 0 spiro atoms. The minimum Gasteiger partial charge on any atom is -0.318 e. The van der Waals surface area contributed by atoms with Crippen LogP contribution in [0, 0.1) is 0 Å². The maximum absolute atomic E-state index is 3.38. The Morgan fingerprint density at radius 1 is 0.846 bits per heavy atom. The van der Waals surface area contributed by atoms with Gasteiger partial charge in [-0.25, -0.2) is 0 Å². The number of likely N-dealkylation sites (N-methyl/N-ethyl adjacent to an activating group) is 1. The summed E-state index contributed by atoms with van der Waals surface area (Å²) in [5.74, 6) is 0. The van der Waals surface area contributed by atoms with E-state index in [0.29, 0.717) is 0 Å². The first kappa shape index (κ1) is 19.1. The van der Waals surface area contributed by atoms with Gasteiger partial charge in [-0.1, -0.05) is 26.2 Å². The highest BCUT2D eigenvalue weighted by atomic mass is 35.5. The topological polar surface area (TPSA) is 24.1 Å². The van der Waals surface area contributed by atoms with Gasteiger partial charge in [0.05, 0.1) is 0 Å². The van der Waals surface area contributed by atoms with Crippen LogP contribution >= 0.6 is 24.8 Å². The standard InChI is InChI=1S/C9H22N2.2ClH/c1-3-4-5-6-7-11-9-8-10-2;;/h10-11H,3-9H2,1-2H3;2*1H. The summed E-state index contributed by atoms with van der Waals surface area (Å²) in [6, 6.07) is 0. The maximum Gasteiger partial charge on any atom is 0.00766 e. The number of hydrogen-bond acceptors (Lipinski definition) is 2. The van der Waals surface area contributed by atoms with Crippen LogP contribution < -0.4 is 10.6 Å². The zero-order chi connectivity index (χ0) is 8.36. The summed E-state index contributed by atoms with van der Waals surface area (Å²) >= 11 is 0. The first-order valence-corrected chi connectivity index (χ1v) is 4.77. The average Bonchev–Trinajstić information content (AvgIpc) is 2.03. The van der Waals surface area contributed by atoms with E-state index < -0.39 is 0 Å². The van der Waals surface area contributed by atoms with Crippen molar-refractivity contribution < 1.29 is 0 Å². The van der Waals surface area contributed by atoms with Crippen molar-refractivity contribution in [3.8, 4) is 0 Å². The van der Waals surface area contributed by atoms with Gasteiger partial charge in [0.2, 0.25) is 0 Å². The largest absolute Gasteiger partial charge is 0.318 e. The molecule has 0 amide bonds. The molecule has 0 saturated carbocycles. The Labute approximate surface area is 95.1 Å². The highest BCUT2D eigenvalue weighted by Gasteiger charge is 1.86. The van der Waals surface area contributed by atoms with E-state index in [0.717, 1.165) is 13.1 Å². The van der Waals surface area contributed by atoms with Crippen molar-refractivity contribution in [3.63, 3.8) is 0 Å². The molecule has 0 aromatic rings. The van der Waals surface area contributed by atoms with Crippen LogP contribution in [0.2, 0.25) is 0 Å². The van der Waals surface area contributed by atoms with Gasteiger partial charge in [0.25, 0.3) is 0 Å². The van der Waals surface area contributed by atoms with Crippen LogP contribution in [0.4, 0.5) is 0 Å². The van der Waals surface area contributed by atoms with Crippen LogP contribution in [-0.2, 0) is 0 Å². The molecule has 0 aliphatic rings. The molecule has 0 bridgehead atoms. The van der Waals surface area contributed by atoms with E-state index >= 15 is 0 Å². The Kier molecular flexibility index (Phi) is 27.0. The average molecular weight is 231 g/mol. The lowest BCUT2D eigenvalue weighted by atomic mass is 10.2. The lowest BCUT2D eigenvalue weighted by Gasteiger charge is -2.02. The van der Waals surface area contributed by atoms with Crippen molar-refractivity contribution in [2.75, 3.05) is 26.7 Å². The van der Waals surface area contributed by atoms with Gasteiger partial charge in [-0.2, -0.15) is 0 Å². The maximum atomic E-state index is 3.38. The van der Waals surface area contributed by atoms with E-state index in [1.807, 2.05) is 7.05 Å². The van der Waals surface area contributed by atoms with E-state index in [4.69, 9.17) is 0 Å². The first-order valence-electron chi connectivity index (χ1n) is 4.77. The molecular weight excluding hydrogens is 207 g/mol. The number of halogens is 2. The van der Waals surface area contributed by atoms with E-state index in [-0.39, 0.29) is 24.8 Å². The highest BCUT2D eigenvalue weighted by molar-refractivity contribution is 5.85. The molecule has 84 valence electrons. The Morgan fingerprint density at radius 2 is 1.54 bits per heavy atom. The fourth-order valence-corrected chi connectivity index (χ4v) is 1.02. The Bertz CT molecular complexity index is 64.6. The first-order chi connectivity index (χ1) is 5.41. The molecule has 0 radical (unpaired) electrons. The van der Waals surface area contributed by atoms with Crippen molar-refractivity contribution in [3.05, 3.63) is 0 Å². The van der Waals surface area contributed by atoms with E-state index in [1.165, 1.54) is 32.2 Å². The fraction of sp³-hybridized carbons (Fsp3) is 1.00. The number of rotatable bonds is 8. The number of hydrogen-bond donors (Lipinski definition) is 2. The van der Waals surface area contributed by atoms with Crippen molar-refractivity contribution in [1.29, 1.82) is 0 Å². The lowest BCUT2D eigenvalue weighted by molar-refractivity contribution is 0.588. The van der Waals surface area contributed by atoms with Crippen molar-refractivity contribution in [1.82, 2.24) is 10.6 Å². The van der Waals surface area contributed by atoms with Crippen LogP contribution in [0.25, 0.3) is 0 Å². The Balaban J connectivity index is -0.000000500. The summed E-state index contributed by atoms with van der Waals surface area (Å²) < 4.78 is 0. The molecule has 0 heterocycles. The van der Waals surface area contributed by atoms with Crippen LogP contribution in [0.3, 0.4) is 0 Å². The van der Waals surface area contributed by atoms with Gasteiger partial charge in [-0.05, 0) is 20.0 Å². The van der Waals surface area contributed by atoms with Gasteiger partial charge in [0, 0.05) is 13.1 Å². The molecule has 0 atom stereocenters. The van der Waals surface area contributed by atoms with Crippen molar-refractivity contribution in [2.45, 2.75) is 32.6 Å². The second-order valence-corrected chi connectivity index (χ2v) is 2.91. The second kappa shape index (κ2) is 18.3. The molecule has 0 aliphatic carbocycles. The quantitative estimate of drug-likeness (QED) is 0.626. The predicted octanol–water partition coefficient (Wildman–Crippen LogP) is 2.22. The van der Waals surface area contributed by atoms with Crippen molar-refractivity contribution >= 4 is 24.8 Å². The van der Waals surface area contributed by atoms with Gasteiger partial charge in [0.15, 0.2) is 0 Å². The van der Waals surface area contributed by atoms with Crippen molar-refractivity contribution in [2.24, 2.45) is 0 Å². The molecule has 0 saturated heterocycles. The van der Waals surface area contributed by atoms with Gasteiger partial charge in [-0.15, -0.1) is 24.8 Å². The Hall–Kier alpha value is 0.500. The van der Waals surface area contributed by atoms with Gasteiger partial charge in [-0.3, -0.25) is 0 Å². The summed E-state index contributed by atoms with van der Waals surface area (Å²) in [5, 5.41) is 6.49. The highest BCUT2D eigenvalue weighted by Crippen LogP contribution is 1.96. The molecule has 0 aromatic heterocycles. The van der Waals surface area contributed by atoms with Crippen LogP contribution in [0.5, 0.6) is 0 Å². The normalized spacial score (nSPS) is 8.77. The minimum atomic E-state index is 0. The monoisotopic (exact) mass is 230 g/mol. The second-order valence-electron chi connectivity index (χ2n) is 2.91. The molecule has 13 heavy (non-hydrogen) atoms. The smallest absolute Gasteiger partial charge is 0.00766 e.